The molecule has 3 rings (SSSR count). The molecule has 0 radical (unpaired) electrons. The van der Waals surface area contributed by atoms with Crippen LogP contribution in [0, 0.1) is 13.8 Å². The van der Waals surface area contributed by atoms with Crippen molar-refractivity contribution >= 4 is 17.7 Å². The molecule has 1 fully saturated rings. The lowest BCUT2D eigenvalue weighted by Gasteiger charge is -2.32. The Labute approximate surface area is 166 Å². The number of benzene rings is 1. The Morgan fingerprint density at radius 2 is 2.07 bits per heavy atom. The molecule has 27 heavy (non-hydrogen) atoms. The second kappa shape index (κ2) is 9.42. The van der Waals surface area contributed by atoms with Crippen molar-refractivity contribution in [1.29, 1.82) is 0 Å². The predicted molar refractivity (Wildman–Crippen MR) is 112 cm³/mol. The first-order chi connectivity index (χ1) is 13.1. The minimum absolute atomic E-state index is 0.101. The largest absolute Gasteiger partial charge is 0.353 e. The van der Waals surface area contributed by atoms with Crippen molar-refractivity contribution in [1.82, 2.24) is 19.8 Å². The summed E-state index contributed by atoms with van der Waals surface area (Å²) in [4.78, 5) is 19.3. The molecule has 2 heterocycles. The highest BCUT2D eigenvalue weighted by Gasteiger charge is 2.20. The van der Waals surface area contributed by atoms with Crippen molar-refractivity contribution in [3.63, 3.8) is 0 Å². The zero-order valence-corrected chi connectivity index (χ0v) is 17.4. The number of carbonyl (C=O) groups is 1. The lowest BCUT2D eigenvalue weighted by molar-refractivity contribution is -0.119. The fraction of sp³-hybridized carbons (Fsp3) is 0.524. The van der Waals surface area contributed by atoms with E-state index in [1.165, 1.54) is 29.3 Å². The summed E-state index contributed by atoms with van der Waals surface area (Å²) in [6.07, 6.45) is 7.05. The average molecular weight is 387 g/mol. The molecule has 0 saturated carbocycles. The molecule has 1 aliphatic heterocycles. The second-order valence-corrected chi connectivity index (χ2v) is 8.21. The van der Waals surface area contributed by atoms with E-state index in [-0.39, 0.29) is 5.91 Å². The van der Waals surface area contributed by atoms with Gasteiger partial charge in [0.1, 0.15) is 0 Å². The summed E-state index contributed by atoms with van der Waals surface area (Å²) < 4.78 is 2.07. The summed E-state index contributed by atoms with van der Waals surface area (Å²) in [7, 11) is 0. The van der Waals surface area contributed by atoms with E-state index in [0.29, 0.717) is 11.8 Å². The molecule has 1 saturated heterocycles. The van der Waals surface area contributed by atoms with Gasteiger partial charge in [-0.15, -0.1) is 0 Å². The molecule has 0 bridgehead atoms. The highest BCUT2D eigenvalue weighted by atomic mass is 32.2. The topological polar surface area (TPSA) is 50.2 Å². The Bertz CT molecular complexity index is 765. The maximum Gasteiger partial charge on any atom is 0.230 e. The van der Waals surface area contributed by atoms with Gasteiger partial charge in [-0.3, -0.25) is 9.36 Å². The van der Waals surface area contributed by atoms with Crippen molar-refractivity contribution in [2.24, 2.45) is 0 Å². The summed E-state index contributed by atoms with van der Waals surface area (Å²) in [6, 6.07) is 6.58. The highest BCUT2D eigenvalue weighted by Crippen LogP contribution is 2.24. The highest BCUT2D eigenvalue weighted by molar-refractivity contribution is 7.99. The Morgan fingerprint density at radius 3 is 2.81 bits per heavy atom. The van der Waals surface area contributed by atoms with E-state index in [1.54, 1.807) is 6.20 Å². The summed E-state index contributed by atoms with van der Waals surface area (Å²) >= 11 is 1.50. The Morgan fingerprint density at radius 1 is 1.30 bits per heavy atom. The van der Waals surface area contributed by atoms with Crippen LogP contribution in [0.15, 0.2) is 35.7 Å². The number of hydrogen-bond acceptors (Lipinski definition) is 4. The van der Waals surface area contributed by atoms with Crippen LogP contribution in [0.25, 0.3) is 5.69 Å². The van der Waals surface area contributed by atoms with E-state index in [0.717, 1.165) is 43.3 Å². The van der Waals surface area contributed by atoms with Crippen molar-refractivity contribution in [3.8, 4) is 5.69 Å². The fourth-order valence-electron chi connectivity index (χ4n) is 3.59. The van der Waals surface area contributed by atoms with Gasteiger partial charge in [0.15, 0.2) is 5.16 Å². The molecule has 5 nitrogen and oxygen atoms in total. The molecule has 0 atom stereocenters. The quantitative estimate of drug-likeness (QED) is 0.739. The maximum atomic E-state index is 12.4. The van der Waals surface area contributed by atoms with Crippen molar-refractivity contribution in [2.45, 2.75) is 51.2 Å². The number of aromatic nitrogens is 2. The molecule has 0 unspecified atom stereocenters. The van der Waals surface area contributed by atoms with Gasteiger partial charge in [-0.2, -0.15) is 0 Å². The number of imidazole rings is 1. The Hall–Kier alpha value is -1.79. The zero-order valence-electron chi connectivity index (χ0n) is 16.6. The van der Waals surface area contributed by atoms with Gasteiger partial charge >= 0.3 is 0 Å². The monoisotopic (exact) mass is 386 g/mol. The third-order valence-electron chi connectivity index (χ3n) is 5.27. The summed E-state index contributed by atoms with van der Waals surface area (Å²) in [5.74, 6) is 0.501. The van der Waals surface area contributed by atoms with Crippen LogP contribution < -0.4 is 5.32 Å². The lowest BCUT2D eigenvalue weighted by Crippen LogP contribution is -2.45. The summed E-state index contributed by atoms with van der Waals surface area (Å²) in [6.45, 7) is 9.79. The number of aryl methyl sites for hydroxylation is 1. The summed E-state index contributed by atoms with van der Waals surface area (Å²) in [5, 5.41) is 4.06. The van der Waals surface area contributed by atoms with Gasteiger partial charge in [0.25, 0.3) is 0 Å². The molecule has 0 spiro atoms. The van der Waals surface area contributed by atoms with E-state index in [1.807, 2.05) is 6.20 Å². The van der Waals surface area contributed by atoms with E-state index in [9.17, 15) is 4.79 Å². The van der Waals surface area contributed by atoms with Crippen LogP contribution >= 0.6 is 11.8 Å². The third kappa shape index (κ3) is 5.14. The number of likely N-dealkylation sites (tertiary alicyclic amines) is 1. The van der Waals surface area contributed by atoms with Crippen LogP contribution in [-0.4, -0.2) is 51.8 Å². The molecule has 2 aromatic rings. The van der Waals surface area contributed by atoms with Crippen LogP contribution in [0.5, 0.6) is 0 Å². The van der Waals surface area contributed by atoms with Crippen LogP contribution in [0.3, 0.4) is 0 Å². The number of nitrogens with one attached hydrogen (secondary N) is 1. The SMILES string of the molecule is CCCN1CCC(NC(=O)CSc2nccn2-c2cccc(C)c2C)CC1. The number of amides is 1. The zero-order chi connectivity index (χ0) is 19.2. The molecule has 146 valence electrons. The average Bonchev–Trinajstić information content (AvgIpc) is 3.12. The number of nitrogens with zero attached hydrogens (tertiary/aromatic N) is 3. The van der Waals surface area contributed by atoms with E-state index >= 15 is 0 Å². The molecular formula is C21H30N4OS. The standard InChI is InChI=1S/C21H30N4OS/c1-4-11-24-12-8-18(9-13-24)23-20(26)15-27-21-22-10-14-25(21)19-7-5-6-16(2)17(19)3/h5-7,10,14,18H,4,8-9,11-13,15H2,1-3H3,(H,23,26). The van der Waals surface area contributed by atoms with Crippen molar-refractivity contribution < 1.29 is 4.79 Å². The fourth-order valence-corrected chi connectivity index (χ4v) is 4.37. The van der Waals surface area contributed by atoms with Crippen LogP contribution in [0.2, 0.25) is 0 Å². The number of piperidine rings is 1. The molecule has 1 aromatic carbocycles. The molecule has 1 aliphatic rings. The first-order valence-corrected chi connectivity index (χ1v) is 10.8. The van der Waals surface area contributed by atoms with E-state index < -0.39 is 0 Å². The van der Waals surface area contributed by atoms with E-state index in [2.05, 4.69) is 58.7 Å². The van der Waals surface area contributed by atoms with Crippen LogP contribution in [0.1, 0.15) is 37.3 Å². The van der Waals surface area contributed by atoms with Crippen LogP contribution in [-0.2, 0) is 4.79 Å². The van der Waals surface area contributed by atoms with Gasteiger partial charge < -0.3 is 10.2 Å². The number of hydrogen-bond donors (Lipinski definition) is 1. The van der Waals surface area contributed by atoms with Gasteiger partial charge in [0, 0.05) is 31.5 Å². The Kier molecular flexibility index (Phi) is 6.96. The molecule has 0 aliphatic carbocycles. The molecule has 1 aromatic heterocycles. The van der Waals surface area contributed by atoms with Gasteiger partial charge in [-0.25, -0.2) is 4.98 Å². The van der Waals surface area contributed by atoms with Gasteiger partial charge in [0.05, 0.1) is 11.4 Å². The normalized spacial score (nSPS) is 15.8. The van der Waals surface area contributed by atoms with Crippen molar-refractivity contribution in [2.75, 3.05) is 25.4 Å². The second-order valence-electron chi connectivity index (χ2n) is 7.27. The minimum atomic E-state index is 0.101. The van der Waals surface area contributed by atoms with Gasteiger partial charge in [0.2, 0.25) is 5.91 Å². The maximum absolute atomic E-state index is 12.4. The van der Waals surface area contributed by atoms with Crippen LogP contribution in [0.4, 0.5) is 0 Å². The molecule has 6 heteroatoms. The first kappa shape index (κ1) is 20.0. The molecule has 1 amide bonds. The molecule has 1 N–H and O–H groups in total. The smallest absolute Gasteiger partial charge is 0.230 e. The first-order valence-electron chi connectivity index (χ1n) is 9.83. The van der Waals surface area contributed by atoms with Crippen molar-refractivity contribution in [3.05, 3.63) is 41.7 Å². The van der Waals surface area contributed by atoms with E-state index in [4.69, 9.17) is 0 Å². The molecular weight excluding hydrogens is 356 g/mol. The minimum Gasteiger partial charge on any atom is -0.353 e. The van der Waals surface area contributed by atoms with Gasteiger partial charge in [-0.05, 0) is 56.8 Å². The lowest BCUT2D eigenvalue weighted by atomic mass is 10.1. The Balaban J connectivity index is 1.53. The number of rotatable bonds is 7. The number of carbonyl (C=O) groups excluding carboxylic acids is 1. The summed E-state index contributed by atoms with van der Waals surface area (Å²) in [5.41, 5.74) is 3.61. The third-order valence-corrected chi connectivity index (χ3v) is 6.23. The number of thioether (sulfide) groups is 1. The predicted octanol–water partition coefficient (Wildman–Crippen LogP) is 3.57. The van der Waals surface area contributed by atoms with Gasteiger partial charge in [-0.1, -0.05) is 30.8 Å².